The van der Waals surface area contributed by atoms with Crippen molar-refractivity contribution in [2.24, 2.45) is 5.92 Å². The van der Waals surface area contributed by atoms with Crippen molar-refractivity contribution in [3.63, 3.8) is 0 Å². The van der Waals surface area contributed by atoms with Gasteiger partial charge >= 0.3 is 0 Å². The van der Waals surface area contributed by atoms with Gasteiger partial charge < -0.3 is 5.32 Å². The molecule has 2 heteroatoms. The molecule has 1 fully saturated rings. The molecular formula is C16H20N2. The number of fused-ring (bicyclic) bond motifs is 1. The van der Waals surface area contributed by atoms with Gasteiger partial charge in [0.15, 0.2) is 0 Å². The highest BCUT2D eigenvalue weighted by atomic mass is 14.9. The van der Waals surface area contributed by atoms with Gasteiger partial charge in [0.1, 0.15) is 0 Å². The molecule has 0 saturated heterocycles. The Morgan fingerprint density at radius 1 is 1.28 bits per heavy atom. The van der Waals surface area contributed by atoms with E-state index < -0.39 is 0 Å². The van der Waals surface area contributed by atoms with Crippen LogP contribution in [0.2, 0.25) is 0 Å². The maximum absolute atomic E-state index is 4.18. The second-order valence-electron chi connectivity index (χ2n) is 5.51. The predicted octanol–water partition coefficient (Wildman–Crippen LogP) is 3.51. The molecule has 1 heterocycles. The van der Waals surface area contributed by atoms with Crippen molar-refractivity contribution < 1.29 is 0 Å². The van der Waals surface area contributed by atoms with Crippen molar-refractivity contribution in [3.8, 4) is 0 Å². The molecule has 3 rings (SSSR count). The van der Waals surface area contributed by atoms with Crippen LogP contribution in [0.1, 0.15) is 31.7 Å². The fourth-order valence-electron chi connectivity index (χ4n) is 2.99. The Labute approximate surface area is 108 Å². The molecule has 2 atom stereocenters. The van der Waals surface area contributed by atoms with Crippen LogP contribution in [-0.4, -0.2) is 11.0 Å². The predicted molar refractivity (Wildman–Crippen MR) is 75.4 cm³/mol. The third-order valence-corrected chi connectivity index (χ3v) is 4.05. The highest BCUT2D eigenvalue weighted by molar-refractivity contribution is 5.84. The molecule has 1 aliphatic carbocycles. The zero-order valence-electron chi connectivity index (χ0n) is 10.9. The molecule has 2 aromatic rings. The maximum Gasteiger partial charge on any atom is 0.0346 e. The Kier molecular flexibility index (Phi) is 3.28. The molecule has 0 radical (unpaired) electrons. The van der Waals surface area contributed by atoms with Crippen LogP contribution in [-0.2, 0) is 6.54 Å². The molecule has 94 valence electrons. The summed E-state index contributed by atoms with van der Waals surface area (Å²) in [5, 5.41) is 6.26. The van der Waals surface area contributed by atoms with E-state index in [1.54, 1.807) is 0 Å². The molecule has 0 bridgehead atoms. The molecule has 0 amide bonds. The van der Waals surface area contributed by atoms with Gasteiger partial charge in [0.25, 0.3) is 0 Å². The van der Waals surface area contributed by atoms with Crippen molar-refractivity contribution in [1.29, 1.82) is 0 Å². The van der Waals surface area contributed by atoms with Gasteiger partial charge in [-0.2, -0.15) is 0 Å². The number of hydrogen-bond acceptors (Lipinski definition) is 2. The Bertz CT molecular complexity index is 530. The summed E-state index contributed by atoms with van der Waals surface area (Å²) in [5.41, 5.74) is 1.38. The molecule has 0 aliphatic heterocycles. The van der Waals surface area contributed by atoms with Crippen molar-refractivity contribution in [3.05, 3.63) is 42.2 Å². The van der Waals surface area contributed by atoms with E-state index in [-0.39, 0.29) is 0 Å². The van der Waals surface area contributed by atoms with Crippen LogP contribution in [0.25, 0.3) is 10.8 Å². The molecular weight excluding hydrogens is 220 g/mol. The number of benzene rings is 1. The number of hydrogen-bond donors (Lipinski definition) is 1. The van der Waals surface area contributed by atoms with Gasteiger partial charge in [-0.25, -0.2) is 0 Å². The third kappa shape index (κ3) is 2.39. The number of rotatable bonds is 3. The first-order valence-electron chi connectivity index (χ1n) is 6.88. The lowest BCUT2D eigenvalue weighted by Gasteiger charge is -2.13. The van der Waals surface area contributed by atoms with E-state index in [2.05, 4.69) is 41.5 Å². The van der Waals surface area contributed by atoms with Gasteiger partial charge in [-0.15, -0.1) is 0 Å². The number of aromatic nitrogens is 1. The van der Waals surface area contributed by atoms with E-state index in [0.717, 1.165) is 12.5 Å². The Hall–Kier alpha value is -1.41. The van der Waals surface area contributed by atoms with E-state index in [9.17, 15) is 0 Å². The molecule has 2 nitrogen and oxygen atoms in total. The smallest absolute Gasteiger partial charge is 0.0346 e. The monoisotopic (exact) mass is 240 g/mol. The van der Waals surface area contributed by atoms with Crippen molar-refractivity contribution in [2.75, 3.05) is 0 Å². The number of pyridine rings is 1. The minimum atomic E-state index is 0.706. The highest BCUT2D eigenvalue weighted by Crippen LogP contribution is 2.25. The largest absolute Gasteiger partial charge is 0.310 e. The fourth-order valence-corrected chi connectivity index (χ4v) is 2.99. The van der Waals surface area contributed by atoms with Crippen molar-refractivity contribution in [2.45, 2.75) is 38.8 Å². The summed E-state index contributed by atoms with van der Waals surface area (Å²) in [6.45, 7) is 3.32. The molecule has 0 spiro atoms. The van der Waals surface area contributed by atoms with Crippen molar-refractivity contribution >= 4 is 10.8 Å². The zero-order valence-corrected chi connectivity index (χ0v) is 10.9. The van der Waals surface area contributed by atoms with Gasteiger partial charge in [-0.05, 0) is 42.2 Å². The minimum Gasteiger partial charge on any atom is -0.310 e. The van der Waals surface area contributed by atoms with Crippen LogP contribution in [0, 0.1) is 5.92 Å². The molecule has 18 heavy (non-hydrogen) atoms. The van der Waals surface area contributed by atoms with Crippen LogP contribution in [0.15, 0.2) is 36.7 Å². The van der Waals surface area contributed by atoms with Gasteiger partial charge in [0.05, 0.1) is 0 Å². The second-order valence-corrected chi connectivity index (χ2v) is 5.51. The number of nitrogens with one attached hydrogen (secondary N) is 1. The van der Waals surface area contributed by atoms with E-state index in [4.69, 9.17) is 0 Å². The normalized spacial score (nSPS) is 23.6. The summed E-state index contributed by atoms with van der Waals surface area (Å²) < 4.78 is 0. The molecule has 1 aromatic heterocycles. The van der Waals surface area contributed by atoms with Crippen LogP contribution >= 0.6 is 0 Å². The average Bonchev–Trinajstić information content (AvgIpc) is 2.82. The standard InChI is InChI=1S/C16H20N2/c1-12-5-6-15(9-12)18-11-14-4-2-3-13-10-17-8-7-16(13)14/h2-4,7-8,10,12,15,18H,5-6,9,11H2,1H3. The van der Waals surface area contributed by atoms with Gasteiger partial charge in [-0.1, -0.05) is 25.1 Å². The second kappa shape index (κ2) is 5.07. The van der Waals surface area contributed by atoms with Gasteiger partial charge in [-0.3, -0.25) is 4.98 Å². The summed E-state index contributed by atoms with van der Waals surface area (Å²) in [6, 6.07) is 9.29. The van der Waals surface area contributed by atoms with E-state index in [1.165, 1.54) is 35.6 Å². The summed E-state index contributed by atoms with van der Waals surface area (Å²) in [7, 11) is 0. The maximum atomic E-state index is 4.18. The van der Waals surface area contributed by atoms with Gasteiger partial charge in [0, 0.05) is 30.4 Å². The first-order valence-corrected chi connectivity index (χ1v) is 6.88. The molecule has 1 aliphatic rings. The fraction of sp³-hybridized carbons (Fsp3) is 0.438. The first-order chi connectivity index (χ1) is 8.83. The Morgan fingerprint density at radius 2 is 2.22 bits per heavy atom. The summed E-state index contributed by atoms with van der Waals surface area (Å²) in [4.78, 5) is 4.18. The lowest BCUT2D eigenvalue weighted by atomic mass is 10.1. The molecule has 1 aromatic carbocycles. The summed E-state index contributed by atoms with van der Waals surface area (Å²) in [6.07, 6.45) is 7.84. The third-order valence-electron chi connectivity index (χ3n) is 4.05. The van der Waals surface area contributed by atoms with Crippen molar-refractivity contribution in [1.82, 2.24) is 10.3 Å². The Morgan fingerprint density at radius 3 is 3.06 bits per heavy atom. The van der Waals surface area contributed by atoms with Crippen LogP contribution in [0.4, 0.5) is 0 Å². The molecule has 2 unspecified atom stereocenters. The summed E-state index contributed by atoms with van der Waals surface area (Å²) in [5.74, 6) is 0.888. The SMILES string of the molecule is CC1CCC(NCc2cccc3cnccc23)C1. The highest BCUT2D eigenvalue weighted by Gasteiger charge is 2.20. The number of nitrogens with zero attached hydrogens (tertiary/aromatic N) is 1. The van der Waals surface area contributed by atoms with Crippen LogP contribution in [0.3, 0.4) is 0 Å². The zero-order chi connectivity index (χ0) is 12.4. The lowest BCUT2D eigenvalue weighted by Crippen LogP contribution is -2.25. The van der Waals surface area contributed by atoms with E-state index in [1.807, 2.05) is 12.4 Å². The average molecular weight is 240 g/mol. The van der Waals surface area contributed by atoms with Crippen LogP contribution < -0.4 is 5.32 Å². The van der Waals surface area contributed by atoms with E-state index >= 15 is 0 Å². The quantitative estimate of drug-likeness (QED) is 0.888. The topological polar surface area (TPSA) is 24.9 Å². The lowest BCUT2D eigenvalue weighted by molar-refractivity contribution is 0.503. The van der Waals surface area contributed by atoms with Gasteiger partial charge in [0.2, 0.25) is 0 Å². The molecule has 1 N–H and O–H groups in total. The minimum absolute atomic E-state index is 0.706. The molecule has 1 saturated carbocycles. The van der Waals surface area contributed by atoms with Crippen LogP contribution in [0.5, 0.6) is 0 Å². The summed E-state index contributed by atoms with van der Waals surface area (Å²) >= 11 is 0. The Balaban J connectivity index is 1.74. The van der Waals surface area contributed by atoms with E-state index in [0.29, 0.717) is 6.04 Å². The first kappa shape index (κ1) is 11.7.